The number of hydrogen-bond donors (Lipinski definition) is 3. The normalized spacial score (nSPS) is 21.1. The lowest BCUT2D eigenvalue weighted by Gasteiger charge is -2.22. The molecule has 2 aromatic rings. The lowest BCUT2D eigenvalue weighted by Crippen LogP contribution is -2.49. The number of nitrogens with zero attached hydrogens (tertiary/aromatic N) is 1. The molecule has 0 radical (unpaired) electrons. The van der Waals surface area contributed by atoms with E-state index < -0.39 is 8.24 Å². The number of hydrogen-bond acceptors (Lipinski definition) is 3. The highest BCUT2D eigenvalue weighted by Crippen LogP contribution is 2.24. The second-order valence-electron chi connectivity index (χ2n) is 7.02. The van der Waals surface area contributed by atoms with Crippen molar-refractivity contribution in [3.63, 3.8) is 0 Å². The van der Waals surface area contributed by atoms with Crippen molar-refractivity contribution in [3.8, 4) is 0 Å². The second-order valence-corrected chi connectivity index (χ2v) is 12.0. The SMILES string of the molecule is Cc1cc(Cl)c2cc(C(=O)NC3CCC[Si](C)(C)NC3)[nH]c2n1. The van der Waals surface area contributed by atoms with Crippen LogP contribution in [0.5, 0.6) is 0 Å². The minimum atomic E-state index is -1.29. The molecule has 2 aromatic heterocycles. The maximum atomic E-state index is 12.5. The molecule has 124 valence electrons. The fourth-order valence-corrected chi connectivity index (χ4v) is 5.44. The largest absolute Gasteiger partial charge is 0.347 e. The Kier molecular flexibility index (Phi) is 4.49. The molecule has 0 spiro atoms. The quantitative estimate of drug-likeness (QED) is 0.728. The standard InChI is InChI=1S/C16H23ClN4OSi/c1-10-7-13(17)12-8-14(21-15(12)19-10)16(22)20-11-5-4-6-23(2,3)18-9-11/h7-8,11,18H,4-6,9H2,1-3H3,(H,19,21)(H,20,22). The van der Waals surface area contributed by atoms with E-state index in [0.29, 0.717) is 16.4 Å². The van der Waals surface area contributed by atoms with E-state index >= 15 is 0 Å². The molecule has 5 nitrogen and oxygen atoms in total. The van der Waals surface area contributed by atoms with Gasteiger partial charge in [0.15, 0.2) is 0 Å². The zero-order valence-electron chi connectivity index (χ0n) is 13.8. The van der Waals surface area contributed by atoms with Gasteiger partial charge in [0.05, 0.1) is 5.02 Å². The van der Waals surface area contributed by atoms with Crippen molar-refractivity contribution in [3.05, 3.63) is 28.5 Å². The molecule has 1 fully saturated rings. The summed E-state index contributed by atoms with van der Waals surface area (Å²) in [6.45, 7) is 7.41. The van der Waals surface area contributed by atoms with Crippen molar-refractivity contribution in [1.82, 2.24) is 20.3 Å². The van der Waals surface area contributed by atoms with Crippen molar-refractivity contribution < 1.29 is 4.79 Å². The van der Waals surface area contributed by atoms with Gasteiger partial charge in [-0.25, -0.2) is 4.98 Å². The molecule has 23 heavy (non-hydrogen) atoms. The molecule has 3 heterocycles. The Hall–Kier alpha value is -1.37. The average molecular weight is 351 g/mol. The summed E-state index contributed by atoms with van der Waals surface area (Å²) in [7, 11) is -1.29. The number of pyridine rings is 1. The number of aryl methyl sites for hydroxylation is 1. The van der Waals surface area contributed by atoms with Gasteiger partial charge in [0, 0.05) is 23.7 Å². The van der Waals surface area contributed by atoms with E-state index in [1.165, 1.54) is 6.04 Å². The van der Waals surface area contributed by atoms with Gasteiger partial charge in [-0.05, 0) is 31.5 Å². The first-order valence-electron chi connectivity index (χ1n) is 8.06. The fraction of sp³-hybridized carbons (Fsp3) is 0.500. The number of H-pyrrole nitrogens is 1. The molecular weight excluding hydrogens is 328 g/mol. The van der Waals surface area contributed by atoms with Crippen molar-refractivity contribution >= 4 is 36.8 Å². The third kappa shape index (κ3) is 3.76. The number of halogens is 1. The second kappa shape index (κ2) is 6.26. The van der Waals surface area contributed by atoms with Crippen LogP contribution in [0.4, 0.5) is 0 Å². The minimum Gasteiger partial charge on any atom is -0.347 e. The zero-order chi connectivity index (χ0) is 16.6. The number of carbonyl (C=O) groups excluding carboxylic acids is 1. The molecule has 1 atom stereocenters. The van der Waals surface area contributed by atoms with Gasteiger partial charge < -0.3 is 15.3 Å². The fourth-order valence-electron chi connectivity index (χ4n) is 3.07. The first-order chi connectivity index (χ1) is 10.8. The zero-order valence-corrected chi connectivity index (χ0v) is 15.5. The highest BCUT2D eigenvalue weighted by atomic mass is 35.5. The Morgan fingerprint density at radius 3 is 3.00 bits per heavy atom. The van der Waals surface area contributed by atoms with E-state index in [2.05, 4.69) is 33.4 Å². The molecule has 1 amide bonds. The van der Waals surface area contributed by atoms with Crippen LogP contribution < -0.4 is 10.3 Å². The molecule has 1 saturated heterocycles. The van der Waals surface area contributed by atoms with Gasteiger partial charge in [0.25, 0.3) is 5.91 Å². The molecule has 0 aliphatic carbocycles. The molecule has 0 bridgehead atoms. The van der Waals surface area contributed by atoms with Crippen molar-refractivity contribution in [2.45, 2.75) is 44.9 Å². The minimum absolute atomic E-state index is 0.0927. The van der Waals surface area contributed by atoms with Crippen LogP contribution >= 0.6 is 11.6 Å². The number of rotatable bonds is 2. The van der Waals surface area contributed by atoms with Crippen LogP contribution in [0.25, 0.3) is 11.0 Å². The number of aromatic nitrogens is 2. The van der Waals surface area contributed by atoms with E-state index in [1.54, 1.807) is 12.1 Å². The van der Waals surface area contributed by atoms with Gasteiger partial charge in [0.1, 0.15) is 19.6 Å². The summed E-state index contributed by atoms with van der Waals surface area (Å²) in [5, 5.41) is 4.53. The maximum Gasteiger partial charge on any atom is 0.268 e. The number of nitrogens with one attached hydrogen (secondary N) is 3. The molecule has 3 N–H and O–H groups in total. The maximum absolute atomic E-state index is 12.5. The molecule has 7 heteroatoms. The summed E-state index contributed by atoms with van der Waals surface area (Å²) in [4.78, 5) is 23.6. The van der Waals surface area contributed by atoms with Crippen LogP contribution in [-0.2, 0) is 0 Å². The first kappa shape index (κ1) is 16.5. The Morgan fingerprint density at radius 2 is 2.22 bits per heavy atom. The molecule has 1 aliphatic rings. The lowest BCUT2D eigenvalue weighted by molar-refractivity contribution is 0.0931. The van der Waals surface area contributed by atoms with Crippen LogP contribution in [0.15, 0.2) is 12.1 Å². The van der Waals surface area contributed by atoms with E-state index in [9.17, 15) is 4.79 Å². The number of fused-ring (bicyclic) bond motifs is 1. The highest BCUT2D eigenvalue weighted by Gasteiger charge is 2.26. The Bertz CT molecular complexity index is 743. The van der Waals surface area contributed by atoms with Gasteiger partial charge in [-0.3, -0.25) is 4.79 Å². The Morgan fingerprint density at radius 1 is 1.43 bits per heavy atom. The summed E-state index contributed by atoms with van der Waals surface area (Å²) in [5.74, 6) is -0.0927. The first-order valence-corrected chi connectivity index (χ1v) is 11.6. The van der Waals surface area contributed by atoms with Crippen LogP contribution in [0.2, 0.25) is 24.2 Å². The summed E-state index contributed by atoms with van der Waals surface area (Å²) in [6, 6.07) is 5.02. The van der Waals surface area contributed by atoms with Gasteiger partial charge in [-0.1, -0.05) is 31.1 Å². The van der Waals surface area contributed by atoms with Crippen LogP contribution in [0.3, 0.4) is 0 Å². The molecular formula is C16H23ClN4OSi. The number of aromatic amines is 1. The molecule has 0 aromatic carbocycles. The summed E-state index contributed by atoms with van der Waals surface area (Å²) in [5.41, 5.74) is 2.00. The van der Waals surface area contributed by atoms with Crippen LogP contribution in [0.1, 0.15) is 29.0 Å². The van der Waals surface area contributed by atoms with Gasteiger partial charge in [-0.15, -0.1) is 0 Å². The van der Waals surface area contributed by atoms with Crippen molar-refractivity contribution in [2.75, 3.05) is 6.54 Å². The topological polar surface area (TPSA) is 69.8 Å². The summed E-state index contributed by atoms with van der Waals surface area (Å²) < 4.78 is 0. The van der Waals surface area contributed by atoms with Crippen molar-refractivity contribution in [2.24, 2.45) is 0 Å². The third-order valence-electron chi connectivity index (χ3n) is 4.44. The molecule has 0 saturated carbocycles. The summed E-state index contributed by atoms with van der Waals surface area (Å²) >= 11 is 6.23. The van der Waals surface area contributed by atoms with E-state index in [1.807, 2.05) is 6.92 Å². The molecule has 1 aliphatic heterocycles. The van der Waals surface area contributed by atoms with E-state index in [4.69, 9.17) is 11.6 Å². The number of amides is 1. The average Bonchev–Trinajstić information content (AvgIpc) is 2.81. The van der Waals surface area contributed by atoms with Gasteiger partial charge in [-0.2, -0.15) is 0 Å². The smallest absolute Gasteiger partial charge is 0.268 e. The van der Waals surface area contributed by atoms with Crippen LogP contribution in [-0.4, -0.2) is 36.7 Å². The predicted molar refractivity (Wildman–Crippen MR) is 96.6 cm³/mol. The van der Waals surface area contributed by atoms with Crippen molar-refractivity contribution in [1.29, 1.82) is 0 Å². The van der Waals surface area contributed by atoms with E-state index in [0.717, 1.165) is 30.5 Å². The Labute approximate surface area is 142 Å². The monoisotopic (exact) mass is 350 g/mol. The Balaban J connectivity index is 1.74. The van der Waals surface area contributed by atoms with Gasteiger partial charge in [0.2, 0.25) is 0 Å². The predicted octanol–water partition coefficient (Wildman–Crippen LogP) is 3.21. The lowest BCUT2D eigenvalue weighted by atomic mass is 10.1. The van der Waals surface area contributed by atoms with E-state index in [-0.39, 0.29) is 11.9 Å². The third-order valence-corrected chi connectivity index (χ3v) is 7.52. The molecule has 3 rings (SSSR count). The van der Waals surface area contributed by atoms with Gasteiger partial charge >= 0.3 is 0 Å². The number of carbonyl (C=O) groups is 1. The summed E-state index contributed by atoms with van der Waals surface area (Å²) in [6.07, 6.45) is 2.18. The van der Waals surface area contributed by atoms with Crippen LogP contribution in [0, 0.1) is 6.92 Å². The highest BCUT2D eigenvalue weighted by molar-refractivity contribution is 6.75. The molecule has 1 unspecified atom stereocenters.